The van der Waals surface area contributed by atoms with Crippen molar-refractivity contribution in [2.45, 2.75) is 72.3 Å². The monoisotopic (exact) mass is 503 g/mol. The molecule has 1 heterocycles. The molecule has 0 bridgehead atoms. The topological polar surface area (TPSA) is 66.8 Å². The Hall–Kier alpha value is -3.51. The molecule has 5 nitrogen and oxygen atoms in total. The van der Waals surface area contributed by atoms with Crippen molar-refractivity contribution in [1.29, 1.82) is 0 Å². The van der Waals surface area contributed by atoms with Gasteiger partial charge in [0.05, 0.1) is 5.60 Å². The molecule has 4 rings (SSSR count). The maximum atomic E-state index is 13.8. The molecule has 0 saturated carbocycles. The van der Waals surface area contributed by atoms with E-state index in [0.29, 0.717) is 30.6 Å². The number of carbonyl (C=O) groups excluding carboxylic acids is 1. The molecule has 3 aromatic carbocycles. The van der Waals surface area contributed by atoms with Gasteiger partial charge < -0.3 is 14.7 Å². The SMILES string of the molecule is Cc1c2c(c(C)c([C@H](OC(C)(C)C)C(=O)O)c1CCc1ccccc1)CN(C(=O)c1cccc(F)c1)C2. The third-order valence-corrected chi connectivity index (χ3v) is 6.97. The van der Waals surface area contributed by atoms with Gasteiger partial charge >= 0.3 is 5.97 Å². The van der Waals surface area contributed by atoms with E-state index in [-0.39, 0.29) is 5.91 Å². The zero-order valence-electron chi connectivity index (χ0n) is 22.1. The molecule has 0 fully saturated rings. The van der Waals surface area contributed by atoms with Crippen molar-refractivity contribution in [3.05, 3.63) is 105 Å². The van der Waals surface area contributed by atoms with Crippen molar-refractivity contribution in [2.24, 2.45) is 0 Å². The first-order valence-corrected chi connectivity index (χ1v) is 12.6. The number of carboxylic acids is 1. The number of hydrogen-bond acceptors (Lipinski definition) is 3. The smallest absolute Gasteiger partial charge is 0.337 e. The fraction of sp³-hybridized carbons (Fsp3) is 0.355. The molecule has 1 aliphatic heterocycles. The van der Waals surface area contributed by atoms with Gasteiger partial charge in [-0.05, 0) is 105 Å². The van der Waals surface area contributed by atoms with Gasteiger partial charge in [-0.25, -0.2) is 9.18 Å². The standard InChI is InChI=1S/C31H34FNO4/c1-19-24(15-14-21-10-7-6-8-11-21)27(28(30(35)36)37-31(3,4)5)20(2)26-18-33(17-25(19)26)29(34)22-12-9-13-23(32)16-22/h6-13,16,28H,14-15,17-18H2,1-5H3,(H,35,36)/t28-/m0/s1. The Morgan fingerprint density at radius 2 is 1.62 bits per heavy atom. The predicted molar refractivity (Wildman–Crippen MR) is 141 cm³/mol. The molecule has 37 heavy (non-hydrogen) atoms. The van der Waals surface area contributed by atoms with Crippen LogP contribution in [0.3, 0.4) is 0 Å². The van der Waals surface area contributed by atoms with Crippen LogP contribution in [0.15, 0.2) is 54.6 Å². The van der Waals surface area contributed by atoms with Gasteiger partial charge in [0.25, 0.3) is 5.91 Å². The number of hydrogen-bond donors (Lipinski definition) is 1. The van der Waals surface area contributed by atoms with Gasteiger partial charge in [-0.1, -0.05) is 36.4 Å². The molecule has 0 saturated heterocycles. The highest BCUT2D eigenvalue weighted by molar-refractivity contribution is 5.94. The van der Waals surface area contributed by atoms with Crippen LogP contribution in [0.1, 0.15) is 76.2 Å². The Labute approximate surface area is 217 Å². The van der Waals surface area contributed by atoms with Crippen LogP contribution in [0, 0.1) is 19.7 Å². The molecule has 3 aromatic rings. The molecule has 0 radical (unpaired) electrons. The third kappa shape index (κ3) is 5.75. The van der Waals surface area contributed by atoms with Crippen LogP contribution in [-0.2, 0) is 35.5 Å². The van der Waals surface area contributed by atoms with E-state index in [1.165, 1.54) is 18.2 Å². The first kappa shape index (κ1) is 26.6. The second kappa shape index (κ2) is 10.5. The predicted octanol–water partition coefficient (Wildman–Crippen LogP) is 6.32. The van der Waals surface area contributed by atoms with Gasteiger partial charge in [-0.3, -0.25) is 4.79 Å². The van der Waals surface area contributed by atoms with E-state index in [1.807, 2.05) is 52.8 Å². The summed E-state index contributed by atoms with van der Waals surface area (Å²) in [6.45, 7) is 10.2. The second-order valence-electron chi connectivity index (χ2n) is 10.7. The lowest BCUT2D eigenvalue weighted by Gasteiger charge is -2.29. The quantitative estimate of drug-likeness (QED) is 0.409. The highest BCUT2D eigenvalue weighted by atomic mass is 19.1. The van der Waals surface area contributed by atoms with E-state index in [4.69, 9.17) is 4.74 Å². The first-order chi connectivity index (χ1) is 17.5. The van der Waals surface area contributed by atoms with Crippen LogP contribution in [0.2, 0.25) is 0 Å². The average molecular weight is 504 g/mol. The lowest BCUT2D eigenvalue weighted by molar-refractivity contribution is -0.160. The summed E-state index contributed by atoms with van der Waals surface area (Å²) in [5.74, 6) is -1.74. The Kier molecular flexibility index (Phi) is 7.51. The normalized spacial score (nSPS) is 13.9. The first-order valence-electron chi connectivity index (χ1n) is 12.6. The van der Waals surface area contributed by atoms with Crippen molar-refractivity contribution in [3.63, 3.8) is 0 Å². The molecule has 1 atom stereocenters. The molecule has 6 heteroatoms. The summed E-state index contributed by atoms with van der Waals surface area (Å²) in [6, 6.07) is 15.8. The van der Waals surface area contributed by atoms with Crippen molar-refractivity contribution in [2.75, 3.05) is 0 Å². The minimum Gasteiger partial charge on any atom is -0.479 e. The van der Waals surface area contributed by atoms with E-state index >= 15 is 0 Å². The lowest BCUT2D eigenvalue weighted by atomic mass is 9.84. The lowest BCUT2D eigenvalue weighted by Crippen LogP contribution is -2.29. The summed E-state index contributed by atoms with van der Waals surface area (Å²) >= 11 is 0. The van der Waals surface area contributed by atoms with Crippen LogP contribution in [-0.4, -0.2) is 27.5 Å². The Morgan fingerprint density at radius 1 is 0.973 bits per heavy atom. The summed E-state index contributed by atoms with van der Waals surface area (Å²) in [7, 11) is 0. The molecule has 1 aliphatic rings. The summed E-state index contributed by atoms with van der Waals surface area (Å²) in [6.07, 6.45) is 0.262. The highest BCUT2D eigenvalue weighted by Gasteiger charge is 2.36. The minimum absolute atomic E-state index is 0.248. The number of rotatable bonds is 7. The van der Waals surface area contributed by atoms with Gasteiger partial charge in [0.2, 0.25) is 0 Å². The van der Waals surface area contributed by atoms with Gasteiger partial charge in [0.1, 0.15) is 5.82 Å². The van der Waals surface area contributed by atoms with E-state index in [0.717, 1.165) is 39.8 Å². The van der Waals surface area contributed by atoms with Crippen LogP contribution in [0.25, 0.3) is 0 Å². The fourth-order valence-electron chi connectivity index (χ4n) is 5.22. The molecule has 1 N–H and O–H groups in total. The van der Waals surface area contributed by atoms with Crippen molar-refractivity contribution in [1.82, 2.24) is 4.90 Å². The maximum absolute atomic E-state index is 13.8. The molecule has 0 unspecified atom stereocenters. The molecular weight excluding hydrogens is 469 g/mol. The zero-order chi connectivity index (χ0) is 26.9. The molecule has 0 aromatic heterocycles. The summed E-state index contributed by atoms with van der Waals surface area (Å²) in [4.78, 5) is 27.5. The Bertz CT molecular complexity index is 1330. The molecule has 1 amide bonds. The van der Waals surface area contributed by atoms with Crippen LogP contribution < -0.4 is 0 Å². The Balaban J connectivity index is 1.79. The van der Waals surface area contributed by atoms with Crippen molar-refractivity contribution >= 4 is 11.9 Å². The molecular formula is C31H34FNO4. The van der Waals surface area contributed by atoms with E-state index in [2.05, 4.69) is 12.1 Å². The average Bonchev–Trinajstić information content (AvgIpc) is 3.30. The number of carboxylic acid groups (broad SMARTS) is 1. The van der Waals surface area contributed by atoms with Gasteiger partial charge in [-0.2, -0.15) is 0 Å². The number of amides is 1. The highest BCUT2D eigenvalue weighted by Crippen LogP contribution is 2.40. The number of carbonyl (C=O) groups is 2. The Morgan fingerprint density at radius 3 is 2.22 bits per heavy atom. The van der Waals surface area contributed by atoms with Gasteiger partial charge in [0, 0.05) is 18.7 Å². The number of benzene rings is 3. The van der Waals surface area contributed by atoms with E-state index < -0.39 is 23.5 Å². The van der Waals surface area contributed by atoms with Crippen LogP contribution in [0.4, 0.5) is 4.39 Å². The number of aryl methyl sites for hydroxylation is 1. The number of aliphatic carboxylic acids is 1. The molecule has 194 valence electrons. The van der Waals surface area contributed by atoms with E-state index in [9.17, 15) is 19.1 Å². The maximum Gasteiger partial charge on any atom is 0.337 e. The zero-order valence-corrected chi connectivity index (χ0v) is 22.1. The molecule has 0 spiro atoms. The fourth-order valence-corrected chi connectivity index (χ4v) is 5.22. The van der Waals surface area contributed by atoms with Crippen molar-refractivity contribution in [3.8, 4) is 0 Å². The summed E-state index contributed by atoms with van der Waals surface area (Å²) < 4.78 is 19.9. The van der Waals surface area contributed by atoms with Crippen LogP contribution >= 0.6 is 0 Å². The summed E-state index contributed by atoms with van der Waals surface area (Å²) in [5, 5.41) is 10.3. The van der Waals surface area contributed by atoms with Gasteiger partial charge in [-0.15, -0.1) is 0 Å². The van der Waals surface area contributed by atoms with Gasteiger partial charge in [0.15, 0.2) is 6.10 Å². The van der Waals surface area contributed by atoms with Crippen molar-refractivity contribution < 1.29 is 23.8 Å². The number of ether oxygens (including phenoxy) is 1. The largest absolute Gasteiger partial charge is 0.479 e. The molecule has 0 aliphatic carbocycles. The van der Waals surface area contributed by atoms with E-state index in [1.54, 1.807) is 11.0 Å². The second-order valence-corrected chi connectivity index (χ2v) is 10.7. The number of nitrogens with zero attached hydrogens (tertiary/aromatic N) is 1. The summed E-state index contributed by atoms with van der Waals surface area (Å²) in [5.41, 5.74) is 6.24. The third-order valence-electron chi connectivity index (χ3n) is 6.97. The number of halogens is 1. The number of fused-ring (bicyclic) bond motifs is 1. The van der Waals surface area contributed by atoms with Crippen LogP contribution in [0.5, 0.6) is 0 Å². The minimum atomic E-state index is -1.14.